The third kappa shape index (κ3) is 1.63. The smallest absolute Gasteiger partial charge is 0.240 e. The fourth-order valence-electron chi connectivity index (χ4n) is 1.96. The number of anilines is 1. The van der Waals surface area contributed by atoms with E-state index in [1.54, 1.807) is 4.52 Å². The van der Waals surface area contributed by atoms with Crippen molar-refractivity contribution in [1.29, 1.82) is 0 Å². The lowest BCUT2D eigenvalue weighted by Crippen LogP contribution is -1.89. The van der Waals surface area contributed by atoms with Gasteiger partial charge in [0.1, 0.15) is 0 Å². The summed E-state index contributed by atoms with van der Waals surface area (Å²) in [5.41, 5.74) is 9.91. The van der Waals surface area contributed by atoms with Crippen LogP contribution in [0.15, 0.2) is 42.6 Å². The molecular weight excluding hydrogens is 212 g/mol. The van der Waals surface area contributed by atoms with Gasteiger partial charge in [-0.15, -0.1) is 5.10 Å². The van der Waals surface area contributed by atoms with Crippen LogP contribution in [0.25, 0.3) is 16.8 Å². The summed E-state index contributed by atoms with van der Waals surface area (Å²) in [7, 11) is 0. The number of nitrogen functional groups attached to an aromatic ring is 1. The number of rotatable bonds is 1. The van der Waals surface area contributed by atoms with E-state index in [9.17, 15) is 0 Å². The van der Waals surface area contributed by atoms with Crippen molar-refractivity contribution >= 4 is 11.6 Å². The molecule has 4 heteroatoms. The molecule has 0 aliphatic carbocycles. The van der Waals surface area contributed by atoms with E-state index in [1.165, 1.54) is 11.1 Å². The minimum Gasteiger partial charge on any atom is -0.366 e. The van der Waals surface area contributed by atoms with Crippen molar-refractivity contribution in [2.45, 2.75) is 6.92 Å². The van der Waals surface area contributed by atoms with Crippen LogP contribution in [-0.2, 0) is 0 Å². The maximum Gasteiger partial charge on any atom is 0.240 e. The zero-order valence-electron chi connectivity index (χ0n) is 9.46. The summed E-state index contributed by atoms with van der Waals surface area (Å²) < 4.78 is 1.68. The third-order valence-corrected chi connectivity index (χ3v) is 2.81. The van der Waals surface area contributed by atoms with Crippen LogP contribution in [0.1, 0.15) is 5.56 Å². The Balaban J connectivity index is 2.21. The van der Waals surface area contributed by atoms with Gasteiger partial charge in [0.25, 0.3) is 0 Å². The summed E-state index contributed by atoms with van der Waals surface area (Å²) in [5, 5.41) is 4.05. The van der Waals surface area contributed by atoms with Gasteiger partial charge in [0.05, 0.1) is 0 Å². The molecule has 0 saturated carbocycles. The first-order valence-electron chi connectivity index (χ1n) is 5.42. The highest BCUT2D eigenvalue weighted by Gasteiger charge is 2.04. The first kappa shape index (κ1) is 9.84. The van der Waals surface area contributed by atoms with Crippen molar-refractivity contribution in [2.24, 2.45) is 0 Å². The molecule has 0 fully saturated rings. The number of pyridine rings is 1. The highest BCUT2D eigenvalue weighted by atomic mass is 15.3. The van der Waals surface area contributed by atoms with Crippen LogP contribution < -0.4 is 5.73 Å². The van der Waals surface area contributed by atoms with E-state index in [0.29, 0.717) is 5.95 Å². The van der Waals surface area contributed by atoms with Gasteiger partial charge in [-0.2, -0.15) is 4.98 Å². The Hall–Kier alpha value is -2.36. The lowest BCUT2D eigenvalue weighted by atomic mass is 10.0. The summed E-state index contributed by atoms with van der Waals surface area (Å²) in [6, 6.07) is 12.3. The van der Waals surface area contributed by atoms with Crippen LogP contribution in [-0.4, -0.2) is 14.6 Å². The number of hydrogen-bond donors (Lipinski definition) is 1. The normalized spacial score (nSPS) is 10.9. The number of nitrogens with two attached hydrogens (primary N) is 1. The molecule has 17 heavy (non-hydrogen) atoms. The maximum absolute atomic E-state index is 5.57. The topological polar surface area (TPSA) is 56.2 Å². The second-order valence-corrected chi connectivity index (χ2v) is 4.00. The summed E-state index contributed by atoms with van der Waals surface area (Å²) in [4.78, 5) is 4.16. The molecule has 0 aliphatic rings. The van der Waals surface area contributed by atoms with Crippen LogP contribution in [0.4, 0.5) is 5.95 Å². The van der Waals surface area contributed by atoms with Gasteiger partial charge in [0, 0.05) is 6.20 Å². The Morgan fingerprint density at radius 3 is 2.82 bits per heavy atom. The predicted molar refractivity (Wildman–Crippen MR) is 67.6 cm³/mol. The lowest BCUT2D eigenvalue weighted by Gasteiger charge is -2.05. The van der Waals surface area contributed by atoms with Gasteiger partial charge in [0.2, 0.25) is 5.95 Å². The molecule has 0 spiro atoms. The summed E-state index contributed by atoms with van der Waals surface area (Å²) >= 11 is 0. The first-order chi connectivity index (χ1) is 8.24. The molecule has 0 bridgehead atoms. The standard InChI is InChI=1S/C13H12N4/c1-9-4-2-3-5-11(9)10-6-7-17-12(8-10)15-13(14)16-17/h2-8H,1H3,(H2,14,16). The number of benzene rings is 1. The monoisotopic (exact) mass is 224 g/mol. The molecule has 84 valence electrons. The molecule has 0 aliphatic heterocycles. The van der Waals surface area contributed by atoms with Crippen LogP contribution in [0.5, 0.6) is 0 Å². The third-order valence-electron chi connectivity index (χ3n) is 2.81. The number of aromatic nitrogens is 3. The van der Waals surface area contributed by atoms with Crippen molar-refractivity contribution in [3.63, 3.8) is 0 Å². The van der Waals surface area contributed by atoms with Crippen molar-refractivity contribution in [2.75, 3.05) is 5.73 Å². The summed E-state index contributed by atoms with van der Waals surface area (Å²) in [6.07, 6.45) is 1.88. The zero-order chi connectivity index (χ0) is 11.8. The quantitative estimate of drug-likeness (QED) is 0.690. The Kier molecular flexibility index (Phi) is 2.08. The van der Waals surface area contributed by atoms with Gasteiger partial charge in [-0.05, 0) is 35.7 Å². The molecule has 0 saturated heterocycles. The molecule has 3 rings (SSSR count). The molecule has 2 N–H and O–H groups in total. The Morgan fingerprint density at radius 1 is 1.18 bits per heavy atom. The molecule has 2 aromatic heterocycles. The molecule has 0 amide bonds. The second-order valence-electron chi connectivity index (χ2n) is 4.00. The van der Waals surface area contributed by atoms with Gasteiger partial charge in [0.15, 0.2) is 5.65 Å². The highest BCUT2D eigenvalue weighted by Crippen LogP contribution is 2.23. The maximum atomic E-state index is 5.57. The molecule has 2 heterocycles. The van der Waals surface area contributed by atoms with Crippen LogP contribution >= 0.6 is 0 Å². The van der Waals surface area contributed by atoms with E-state index in [-0.39, 0.29) is 0 Å². The van der Waals surface area contributed by atoms with Crippen LogP contribution in [0.2, 0.25) is 0 Å². The average Bonchev–Trinajstić information content (AvgIpc) is 2.68. The van der Waals surface area contributed by atoms with Crippen molar-refractivity contribution in [3.8, 4) is 11.1 Å². The number of fused-ring (bicyclic) bond motifs is 1. The van der Waals surface area contributed by atoms with Gasteiger partial charge in [-0.25, -0.2) is 4.52 Å². The van der Waals surface area contributed by atoms with Gasteiger partial charge in [-0.1, -0.05) is 24.3 Å². The molecule has 0 radical (unpaired) electrons. The molecule has 4 nitrogen and oxygen atoms in total. The zero-order valence-corrected chi connectivity index (χ0v) is 9.46. The SMILES string of the molecule is Cc1ccccc1-c1ccn2nc(N)nc2c1. The minimum atomic E-state index is 0.298. The van der Waals surface area contributed by atoms with E-state index in [4.69, 9.17) is 5.73 Å². The highest BCUT2D eigenvalue weighted by molar-refractivity contribution is 5.70. The first-order valence-corrected chi connectivity index (χ1v) is 5.42. The molecule has 1 aromatic carbocycles. The summed E-state index contributed by atoms with van der Waals surface area (Å²) in [6.45, 7) is 2.09. The van der Waals surface area contributed by atoms with E-state index in [2.05, 4.69) is 29.1 Å². The Morgan fingerprint density at radius 2 is 2.00 bits per heavy atom. The largest absolute Gasteiger partial charge is 0.366 e. The van der Waals surface area contributed by atoms with Crippen LogP contribution in [0.3, 0.4) is 0 Å². The fraction of sp³-hybridized carbons (Fsp3) is 0.0769. The van der Waals surface area contributed by atoms with Crippen molar-refractivity contribution < 1.29 is 0 Å². The van der Waals surface area contributed by atoms with Gasteiger partial charge in [-0.3, -0.25) is 0 Å². The Bertz CT molecular complexity index is 685. The van der Waals surface area contributed by atoms with Crippen molar-refractivity contribution in [3.05, 3.63) is 48.2 Å². The molecular formula is C13H12N4. The number of hydrogen-bond acceptors (Lipinski definition) is 3. The van der Waals surface area contributed by atoms with Crippen LogP contribution in [0, 0.1) is 6.92 Å². The van der Waals surface area contributed by atoms with Gasteiger partial charge < -0.3 is 5.73 Å². The van der Waals surface area contributed by atoms with E-state index in [1.807, 2.05) is 30.5 Å². The summed E-state index contributed by atoms with van der Waals surface area (Å²) in [5.74, 6) is 0.298. The van der Waals surface area contributed by atoms with E-state index in [0.717, 1.165) is 11.2 Å². The second kappa shape index (κ2) is 3.59. The molecule has 0 unspecified atom stereocenters. The van der Waals surface area contributed by atoms with E-state index < -0.39 is 0 Å². The molecule has 3 aromatic rings. The fourth-order valence-corrected chi connectivity index (χ4v) is 1.96. The number of aryl methyl sites for hydroxylation is 1. The predicted octanol–water partition coefficient (Wildman–Crippen LogP) is 2.29. The van der Waals surface area contributed by atoms with E-state index >= 15 is 0 Å². The average molecular weight is 224 g/mol. The van der Waals surface area contributed by atoms with Gasteiger partial charge >= 0.3 is 0 Å². The van der Waals surface area contributed by atoms with Crippen molar-refractivity contribution in [1.82, 2.24) is 14.6 Å². The lowest BCUT2D eigenvalue weighted by molar-refractivity contribution is 0.968. The minimum absolute atomic E-state index is 0.298. The molecule has 0 atom stereocenters. The number of nitrogens with zero attached hydrogens (tertiary/aromatic N) is 3. The Labute approximate surface area is 98.7 Å².